The highest BCUT2D eigenvalue weighted by molar-refractivity contribution is 7.89. The third-order valence-corrected chi connectivity index (χ3v) is 7.55. The molecule has 10 heteroatoms. The number of rotatable bonds is 9. The molecular formula is C24H31N3O6S. The third kappa shape index (κ3) is 5.87. The van der Waals surface area contributed by atoms with Gasteiger partial charge in [-0.15, -0.1) is 0 Å². The van der Waals surface area contributed by atoms with E-state index in [4.69, 9.17) is 9.47 Å². The smallest absolute Gasteiger partial charge is 0.252 e. The van der Waals surface area contributed by atoms with Gasteiger partial charge >= 0.3 is 0 Å². The highest BCUT2D eigenvalue weighted by atomic mass is 32.2. The summed E-state index contributed by atoms with van der Waals surface area (Å²) < 4.78 is 37.6. The van der Waals surface area contributed by atoms with E-state index in [-0.39, 0.29) is 16.4 Å². The molecule has 0 unspecified atom stereocenters. The number of methoxy groups -OCH3 is 2. The molecule has 1 aliphatic heterocycles. The van der Waals surface area contributed by atoms with Crippen LogP contribution in [-0.2, 0) is 14.8 Å². The van der Waals surface area contributed by atoms with Crippen LogP contribution in [-0.4, -0.2) is 57.9 Å². The van der Waals surface area contributed by atoms with Gasteiger partial charge in [-0.25, -0.2) is 8.42 Å². The Labute approximate surface area is 200 Å². The summed E-state index contributed by atoms with van der Waals surface area (Å²) in [6.07, 6.45) is 1.68. The largest absolute Gasteiger partial charge is 0.497 e. The van der Waals surface area contributed by atoms with Gasteiger partial charge < -0.3 is 20.1 Å². The van der Waals surface area contributed by atoms with Crippen molar-refractivity contribution < 1.29 is 27.5 Å². The van der Waals surface area contributed by atoms with Crippen molar-refractivity contribution in [3.05, 3.63) is 48.0 Å². The van der Waals surface area contributed by atoms with Gasteiger partial charge in [0.15, 0.2) is 0 Å². The number of amides is 2. The van der Waals surface area contributed by atoms with E-state index >= 15 is 0 Å². The average molecular weight is 490 g/mol. The predicted octanol–water partition coefficient (Wildman–Crippen LogP) is 2.88. The monoisotopic (exact) mass is 489 g/mol. The van der Waals surface area contributed by atoms with Gasteiger partial charge in [0, 0.05) is 30.4 Å². The normalized spacial score (nSPS) is 15.1. The van der Waals surface area contributed by atoms with Gasteiger partial charge in [0.1, 0.15) is 17.5 Å². The average Bonchev–Trinajstić information content (AvgIpc) is 3.38. The number of hydrogen-bond donors (Lipinski definition) is 2. The zero-order valence-corrected chi connectivity index (χ0v) is 20.6. The zero-order chi connectivity index (χ0) is 24.9. The lowest BCUT2D eigenvalue weighted by atomic mass is 10.0. The van der Waals surface area contributed by atoms with Crippen molar-refractivity contribution in [2.45, 2.75) is 37.6 Å². The molecule has 0 aliphatic carbocycles. The number of anilines is 1. The number of hydrogen-bond acceptors (Lipinski definition) is 6. The quantitative estimate of drug-likeness (QED) is 0.560. The van der Waals surface area contributed by atoms with Crippen LogP contribution in [0.2, 0.25) is 0 Å². The Bertz CT molecular complexity index is 1120. The van der Waals surface area contributed by atoms with E-state index in [9.17, 15) is 18.0 Å². The molecule has 0 spiro atoms. The maximum Gasteiger partial charge on any atom is 0.252 e. The molecule has 2 amide bonds. The Morgan fingerprint density at radius 2 is 1.59 bits per heavy atom. The van der Waals surface area contributed by atoms with Crippen LogP contribution in [0.4, 0.5) is 5.69 Å². The van der Waals surface area contributed by atoms with Crippen LogP contribution in [0.3, 0.4) is 0 Å². The molecule has 1 fully saturated rings. The first kappa shape index (κ1) is 25.5. The molecule has 9 nitrogen and oxygen atoms in total. The molecule has 2 aromatic rings. The van der Waals surface area contributed by atoms with Gasteiger partial charge in [-0.3, -0.25) is 9.59 Å². The summed E-state index contributed by atoms with van der Waals surface area (Å²) in [6.45, 7) is 4.61. The maximum absolute atomic E-state index is 13.0. The lowest BCUT2D eigenvalue weighted by Gasteiger charge is -2.22. The molecule has 0 saturated carbocycles. The summed E-state index contributed by atoms with van der Waals surface area (Å²) in [5, 5.41) is 5.50. The van der Waals surface area contributed by atoms with Crippen molar-refractivity contribution in [3.63, 3.8) is 0 Å². The van der Waals surface area contributed by atoms with Crippen LogP contribution in [0, 0.1) is 5.92 Å². The van der Waals surface area contributed by atoms with E-state index in [0.29, 0.717) is 30.3 Å². The standard InChI is InChI=1S/C24H31N3O6S/c1-16(2)22(26-23(28)17-12-19(32-3)15-20(13-17)33-4)24(29)25-18-8-7-9-21(14-18)34(30,31)27-10-5-6-11-27/h7-9,12-16,22H,5-6,10-11H2,1-4H3,(H,25,29)(H,26,28)/t22-/m1/s1. The molecule has 1 saturated heterocycles. The minimum absolute atomic E-state index is 0.126. The Balaban J connectivity index is 1.76. The number of sulfonamides is 1. The number of benzene rings is 2. The molecule has 3 rings (SSSR count). The van der Waals surface area contributed by atoms with Crippen molar-refractivity contribution in [3.8, 4) is 11.5 Å². The lowest BCUT2D eigenvalue weighted by Crippen LogP contribution is -2.47. The Morgan fingerprint density at radius 3 is 2.15 bits per heavy atom. The molecule has 2 N–H and O–H groups in total. The summed E-state index contributed by atoms with van der Waals surface area (Å²) in [7, 11) is -0.643. The zero-order valence-electron chi connectivity index (χ0n) is 19.8. The number of carbonyl (C=O) groups excluding carboxylic acids is 2. The molecule has 2 aromatic carbocycles. The first-order chi connectivity index (χ1) is 16.1. The predicted molar refractivity (Wildman–Crippen MR) is 129 cm³/mol. The maximum atomic E-state index is 13.0. The Morgan fingerprint density at radius 1 is 0.971 bits per heavy atom. The summed E-state index contributed by atoms with van der Waals surface area (Å²) >= 11 is 0. The number of nitrogens with zero attached hydrogens (tertiary/aromatic N) is 1. The molecule has 184 valence electrons. The summed E-state index contributed by atoms with van der Waals surface area (Å²) in [5.41, 5.74) is 0.626. The van der Waals surface area contributed by atoms with Gasteiger partial charge in [0.05, 0.1) is 19.1 Å². The number of carbonyl (C=O) groups is 2. The highest BCUT2D eigenvalue weighted by Gasteiger charge is 2.28. The fraction of sp³-hybridized carbons (Fsp3) is 0.417. The lowest BCUT2D eigenvalue weighted by molar-refractivity contribution is -0.118. The van der Waals surface area contributed by atoms with E-state index in [1.165, 1.54) is 30.7 Å². The van der Waals surface area contributed by atoms with Crippen LogP contribution < -0.4 is 20.1 Å². The molecule has 0 aromatic heterocycles. The molecular weight excluding hydrogens is 458 g/mol. The summed E-state index contributed by atoms with van der Waals surface area (Å²) in [5.74, 6) is -0.240. The van der Waals surface area contributed by atoms with Gasteiger partial charge in [-0.1, -0.05) is 19.9 Å². The van der Waals surface area contributed by atoms with Crippen LogP contribution in [0.15, 0.2) is 47.4 Å². The minimum Gasteiger partial charge on any atom is -0.497 e. The van der Waals surface area contributed by atoms with Gasteiger partial charge in [0.2, 0.25) is 15.9 Å². The first-order valence-corrected chi connectivity index (χ1v) is 12.5. The molecule has 1 atom stereocenters. The SMILES string of the molecule is COc1cc(OC)cc(C(=O)N[C@@H](C(=O)Nc2cccc(S(=O)(=O)N3CCCC3)c2)C(C)C)c1. The van der Waals surface area contributed by atoms with Gasteiger partial charge in [-0.2, -0.15) is 4.31 Å². The van der Waals surface area contributed by atoms with Crippen LogP contribution in [0.25, 0.3) is 0 Å². The number of ether oxygens (including phenoxy) is 2. The fourth-order valence-electron chi connectivity index (χ4n) is 3.73. The molecule has 0 radical (unpaired) electrons. The highest BCUT2D eigenvalue weighted by Crippen LogP contribution is 2.24. The Hall–Kier alpha value is -3.11. The fourth-order valence-corrected chi connectivity index (χ4v) is 5.29. The molecule has 1 heterocycles. The van der Waals surface area contributed by atoms with Crippen LogP contribution >= 0.6 is 0 Å². The Kier molecular flexibility index (Phi) is 8.16. The first-order valence-electron chi connectivity index (χ1n) is 11.1. The van der Waals surface area contributed by atoms with E-state index in [1.807, 2.05) is 13.8 Å². The van der Waals surface area contributed by atoms with Crippen LogP contribution in [0.1, 0.15) is 37.0 Å². The second-order valence-electron chi connectivity index (χ2n) is 8.42. The third-order valence-electron chi connectivity index (χ3n) is 5.65. The van der Waals surface area contributed by atoms with E-state index in [1.54, 1.807) is 30.3 Å². The van der Waals surface area contributed by atoms with E-state index in [0.717, 1.165) is 12.8 Å². The topological polar surface area (TPSA) is 114 Å². The van der Waals surface area contributed by atoms with Crippen molar-refractivity contribution in [1.29, 1.82) is 0 Å². The second kappa shape index (κ2) is 10.9. The molecule has 34 heavy (non-hydrogen) atoms. The van der Waals surface area contributed by atoms with Gasteiger partial charge in [0.25, 0.3) is 5.91 Å². The van der Waals surface area contributed by atoms with Gasteiger partial charge in [-0.05, 0) is 49.1 Å². The molecule has 0 bridgehead atoms. The van der Waals surface area contributed by atoms with E-state index in [2.05, 4.69) is 10.6 Å². The second-order valence-corrected chi connectivity index (χ2v) is 10.4. The molecule has 1 aliphatic rings. The van der Waals surface area contributed by atoms with E-state index < -0.39 is 27.9 Å². The van der Waals surface area contributed by atoms with Crippen molar-refractivity contribution in [2.75, 3.05) is 32.6 Å². The van der Waals surface area contributed by atoms with Crippen molar-refractivity contribution >= 4 is 27.5 Å². The minimum atomic E-state index is -3.61. The van der Waals surface area contributed by atoms with Crippen LogP contribution in [0.5, 0.6) is 11.5 Å². The van der Waals surface area contributed by atoms with Crippen molar-refractivity contribution in [1.82, 2.24) is 9.62 Å². The number of nitrogens with one attached hydrogen (secondary N) is 2. The van der Waals surface area contributed by atoms with Crippen molar-refractivity contribution in [2.24, 2.45) is 5.92 Å². The summed E-state index contributed by atoms with van der Waals surface area (Å²) in [4.78, 5) is 26.1. The summed E-state index contributed by atoms with van der Waals surface area (Å²) in [6, 6.07) is 10.1.